The molecule has 1 aliphatic heterocycles. The number of rotatable bonds is 8. The van der Waals surface area contributed by atoms with Gasteiger partial charge in [-0.15, -0.1) is 0 Å². The lowest BCUT2D eigenvalue weighted by Crippen LogP contribution is -2.56. The third kappa shape index (κ3) is 6.18. The van der Waals surface area contributed by atoms with E-state index < -0.39 is 9.84 Å². The van der Waals surface area contributed by atoms with E-state index in [1.165, 1.54) is 19.3 Å². The van der Waals surface area contributed by atoms with E-state index in [9.17, 15) is 8.42 Å². The van der Waals surface area contributed by atoms with E-state index in [1.54, 1.807) is 24.3 Å². The van der Waals surface area contributed by atoms with Crippen molar-refractivity contribution in [2.45, 2.75) is 49.5 Å². The Morgan fingerprint density at radius 1 is 1.10 bits per heavy atom. The molecule has 0 amide bonds. The van der Waals surface area contributed by atoms with Crippen molar-refractivity contribution in [1.82, 2.24) is 15.5 Å². The van der Waals surface area contributed by atoms with Crippen molar-refractivity contribution in [2.24, 2.45) is 4.99 Å². The number of ether oxygens (including phenoxy) is 1. The van der Waals surface area contributed by atoms with E-state index in [0.717, 1.165) is 52.2 Å². The highest BCUT2D eigenvalue weighted by atomic mass is 32.2. The lowest BCUT2D eigenvalue weighted by atomic mass is 9.80. The van der Waals surface area contributed by atoms with Crippen LogP contribution in [0.2, 0.25) is 0 Å². The quantitative estimate of drug-likeness (QED) is 0.479. The molecule has 8 heteroatoms. The molecule has 1 heterocycles. The van der Waals surface area contributed by atoms with Gasteiger partial charge < -0.3 is 15.4 Å². The molecule has 1 aromatic rings. The Hall–Kier alpha value is -1.64. The zero-order valence-electron chi connectivity index (χ0n) is 18.1. The number of morpholine rings is 1. The van der Waals surface area contributed by atoms with Crippen LogP contribution in [0.1, 0.15) is 39.0 Å². The molecule has 7 nitrogen and oxygen atoms in total. The first-order chi connectivity index (χ1) is 14.6. The second-order valence-electron chi connectivity index (χ2n) is 8.14. The summed E-state index contributed by atoms with van der Waals surface area (Å²) in [5.41, 5.74) is 0.0977. The highest BCUT2D eigenvalue weighted by Gasteiger charge is 2.38. The van der Waals surface area contributed by atoms with Crippen LogP contribution in [-0.2, 0) is 14.6 Å². The van der Waals surface area contributed by atoms with Gasteiger partial charge in [-0.05, 0) is 31.9 Å². The van der Waals surface area contributed by atoms with Gasteiger partial charge in [0.25, 0.3) is 0 Å². The summed E-state index contributed by atoms with van der Waals surface area (Å²) in [6, 6.07) is 8.61. The Morgan fingerprint density at radius 3 is 2.47 bits per heavy atom. The van der Waals surface area contributed by atoms with E-state index in [0.29, 0.717) is 17.4 Å². The van der Waals surface area contributed by atoms with Crippen molar-refractivity contribution in [1.29, 1.82) is 0 Å². The number of benzene rings is 1. The molecule has 1 aromatic carbocycles. The maximum atomic E-state index is 12.5. The van der Waals surface area contributed by atoms with Gasteiger partial charge in [0.1, 0.15) is 0 Å². The number of nitrogens with one attached hydrogen (secondary N) is 2. The molecule has 3 rings (SSSR count). The third-order valence-electron chi connectivity index (χ3n) is 6.11. The van der Waals surface area contributed by atoms with Crippen molar-refractivity contribution in [3.05, 3.63) is 30.3 Å². The van der Waals surface area contributed by atoms with Crippen LogP contribution in [0.4, 0.5) is 0 Å². The minimum Gasteiger partial charge on any atom is -0.379 e. The molecule has 30 heavy (non-hydrogen) atoms. The van der Waals surface area contributed by atoms with Gasteiger partial charge in [-0.3, -0.25) is 9.89 Å². The van der Waals surface area contributed by atoms with Crippen molar-refractivity contribution in [3.8, 4) is 0 Å². The predicted molar refractivity (Wildman–Crippen MR) is 121 cm³/mol. The van der Waals surface area contributed by atoms with Crippen LogP contribution in [0.15, 0.2) is 40.2 Å². The Morgan fingerprint density at radius 2 is 1.80 bits per heavy atom. The van der Waals surface area contributed by atoms with Crippen molar-refractivity contribution >= 4 is 15.8 Å². The fourth-order valence-electron chi connectivity index (χ4n) is 4.44. The topological polar surface area (TPSA) is 83.0 Å². The largest absolute Gasteiger partial charge is 0.379 e. The van der Waals surface area contributed by atoms with Crippen LogP contribution in [-0.4, -0.2) is 76.5 Å². The van der Waals surface area contributed by atoms with Crippen LogP contribution >= 0.6 is 0 Å². The van der Waals surface area contributed by atoms with Crippen LogP contribution < -0.4 is 10.6 Å². The lowest BCUT2D eigenvalue weighted by molar-refractivity contribution is -0.0333. The van der Waals surface area contributed by atoms with Gasteiger partial charge in [0.2, 0.25) is 0 Å². The summed E-state index contributed by atoms with van der Waals surface area (Å²) in [4.78, 5) is 7.83. The molecule has 1 aliphatic carbocycles. The third-order valence-corrected chi connectivity index (χ3v) is 7.84. The number of hydrogen-bond acceptors (Lipinski definition) is 5. The minimum atomic E-state index is -3.30. The summed E-state index contributed by atoms with van der Waals surface area (Å²) in [5.74, 6) is 0.731. The number of nitrogens with zero attached hydrogens (tertiary/aromatic N) is 2. The molecule has 168 valence electrons. The Labute approximate surface area is 181 Å². The Kier molecular flexibility index (Phi) is 8.53. The summed E-state index contributed by atoms with van der Waals surface area (Å²) in [6.07, 6.45) is 6.11. The summed E-state index contributed by atoms with van der Waals surface area (Å²) >= 11 is 0. The van der Waals surface area contributed by atoms with E-state index in [2.05, 4.69) is 15.5 Å². The first kappa shape index (κ1) is 23.0. The van der Waals surface area contributed by atoms with Gasteiger partial charge in [0, 0.05) is 31.7 Å². The Balaban J connectivity index is 1.62. The molecule has 0 unspecified atom stereocenters. The van der Waals surface area contributed by atoms with Crippen LogP contribution in [0.25, 0.3) is 0 Å². The van der Waals surface area contributed by atoms with Gasteiger partial charge >= 0.3 is 0 Å². The summed E-state index contributed by atoms with van der Waals surface area (Å²) in [6.45, 7) is 7.34. The van der Waals surface area contributed by atoms with E-state index >= 15 is 0 Å². The second-order valence-corrected chi connectivity index (χ2v) is 10.2. The highest BCUT2D eigenvalue weighted by molar-refractivity contribution is 7.91. The molecule has 2 aliphatic rings. The molecule has 1 saturated carbocycles. The van der Waals surface area contributed by atoms with E-state index in [4.69, 9.17) is 9.73 Å². The summed E-state index contributed by atoms with van der Waals surface area (Å²) in [5, 5.41) is 6.49. The monoisotopic (exact) mass is 436 g/mol. The number of sulfone groups is 1. The SMILES string of the molecule is CCNC(=NCC1(N2CCOCC2)CCCCC1)NCCS(=O)(=O)c1ccccc1. The first-order valence-electron chi connectivity index (χ1n) is 11.2. The fourth-order valence-corrected chi connectivity index (χ4v) is 5.62. The molecular formula is C22H36N4O3S. The smallest absolute Gasteiger partial charge is 0.191 e. The summed E-state index contributed by atoms with van der Waals surface area (Å²) in [7, 11) is -3.30. The van der Waals surface area contributed by atoms with E-state index in [1.807, 2.05) is 13.0 Å². The average molecular weight is 437 g/mol. The van der Waals surface area contributed by atoms with Gasteiger partial charge in [-0.25, -0.2) is 8.42 Å². The van der Waals surface area contributed by atoms with E-state index in [-0.39, 0.29) is 11.3 Å². The van der Waals surface area contributed by atoms with Gasteiger partial charge in [-0.2, -0.15) is 0 Å². The van der Waals surface area contributed by atoms with Crippen molar-refractivity contribution in [2.75, 3.05) is 51.7 Å². The lowest BCUT2D eigenvalue weighted by Gasteiger charge is -2.47. The zero-order chi connectivity index (χ0) is 21.3. The maximum Gasteiger partial charge on any atom is 0.191 e. The standard InChI is InChI=1S/C22H36N4O3S/c1-2-23-21(24-13-18-30(27,28)20-9-5-3-6-10-20)25-19-22(11-7-4-8-12-22)26-14-16-29-17-15-26/h3,5-6,9-10H,2,4,7-8,11-19H2,1H3,(H2,23,24,25). The first-order valence-corrected chi connectivity index (χ1v) is 12.8. The molecule has 0 spiro atoms. The van der Waals surface area contributed by atoms with Crippen molar-refractivity contribution < 1.29 is 13.2 Å². The van der Waals surface area contributed by atoms with Crippen LogP contribution in [0.3, 0.4) is 0 Å². The predicted octanol–water partition coefficient (Wildman–Crippen LogP) is 2.05. The number of hydrogen-bond donors (Lipinski definition) is 2. The highest BCUT2D eigenvalue weighted by Crippen LogP contribution is 2.34. The second kappa shape index (κ2) is 11.1. The van der Waals surface area contributed by atoms with Gasteiger partial charge in [0.15, 0.2) is 15.8 Å². The van der Waals surface area contributed by atoms with Gasteiger partial charge in [0.05, 0.1) is 30.4 Å². The minimum absolute atomic E-state index is 0.0377. The normalized spacial score (nSPS) is 20.6. The molecule has 0 aromatic heterocycles. The molecule has 0 radical (unpaired) electrons. The zero-order valence-corrected chi connectivity index (χ0v) is 18.9. The summed E-state index contributed by atoms with van der Waals surface area (Å²) < 4.78 is 30.6. The molecule has 1 saturated heterocycles. The maximum absolute atomic E-state index is 12.5. The molecular weight excluding hydrogens is 400 g/mol. The number of guanidine groups is 1. The fraction of sp³-hybridized carbons (Fsp3) is 0.682. The molecule has 0 atom stereocenters. The number of aliphatic imine (C=N–C) groups is 1. The molecule has 0 bridgehead atoms. The van der Waals surface area contributed by atoms with Gasteiger partial charge in [-0.1, -0.05) is 37.5 Å². The van der Waals surface area contributed by atoms with Crippen molar-refractivity contribution in [3.63, 3.8) is 0 Å². The average Bonchev–Trinajstić information content (AvgIpc) is 2.79. The molecule has 2 N–H and O–H groups in total. The van der Waals surface area contributed by atoms with Crippen LogP contribution in [0.5, 0.6) is 0 Å². The molecule has 2 fully saturated rings. The Bertz CT molecular complexity index is 771. The van der Waals surface area contributed by atoms with Crippen LogP contribution in [0, 0.1) is 0 Å².